The van der Waals surface area contributed by atoms with Crippen LogP contribution in [0.1, 0.15) is 28.1 Å². The maximum Gasteiger partial charge on any atom is 0.230 e. The second-order valence-electron chi connectivity index (χ2n) is 6.04. The first-order chi connectivity index (χ1) is 12.6. The molecule has 0 aliphatic rings. The molecule has 0 aliphatic carbocycles. The zero-order chi connectivity index (χ0) is 18.4. The molecule has 0 spiro atoms. The monoisotopic (exact) mass is 370 g/mol. The molecule has 0 bridgehead atoms. The molecule has 3 rings (SSSR count). The van der Waals surface area contributed by atoms with Crippen molar-refractivity contribution in [1.29, 1.82) is 0 Å². The minimum atomic E-state index is 0.0238. The van der Waals surface area contributed by atoms with Crippen LogP contribution in [0.2, 0.25) is 0 Å². The average molecular weight is 370 g/mol. The number of hydrogen-bond acceptors (Lipinski definition) is 5. The van der Waals surface area contributed by atoms with Gasteiger partial charge in [-0.25, -0.2) is 0 Å². The smallest absolute Gasteiger partial charge is 0.230 e. The third-order valence-electron chi connectivity index (χ3n) is 4.15. The van der Waals surface area contributed by atoms with E-state index in [2.05, 4.69) is 21.6 Å². The van der Waals surface area contributed by atoms with Crippen molar-refractivity contribution in [3.63, 3.8) is 0 Å². The predicted octanol–water partition coefficient (Wildman–Crippen LogP) is 3.09. The van der Waals surface area contributed by atoms with E-state index in [0.717, 1.165) is 33.9 Å². The van der Waals surface area contributed by atoms with E-state index in [1.807, 2.05) is 49.0 Å². The molecular weight excluding hydrogens is 348 g/mol. The van der Waals surface area contributed by atoms with E-state index in [1.165, 1.54) is 0 Å². The number of benzene rings is 1. The van der Waals surface area contributed by atoms with Crippen LogP contribution in [0.4, 0.5) is 0 Å². The highest BCUT2D eigenvalue weighted by Crippen LogP contribution is 2.19. The van der Waals surface area contributed by atoms with Crippen molar-refractivity contribution in [2.24, 2.45) is 0 Å². The van der Waals surface area contributed by atoms with Crippen molar-refractivity contribution in [2.75, 3.05) is 5.75 Å². The maximum atomic E-state index is 12.2. The van der Waals surface area contributed by atoms with Crippen LogP contribution in [0.25, 0.3) is 0 Å². The summed E-state index contributed by atoms with van der Waals surface area (Å²) in [5.41, 5.74) is 4.22. The lowest BCUT2D eigenvalue weighted by Gasteiger charge is -2.11. The Bertz CT molecular complexity index is 839. The van der Waals surface area contributed by atoms with Gasteiger partial charge in [-0.2, -0.15) is 5.10 Å². The second-order valence-corrected chi connectivity index (χ2v) is 7.03. The number of hydrogen-bond donors (Lipinski definition) is 1. The first kappa shape index (κ1) is 18.3. The van der Waals surface area contributed by atoms with Crippen LogP contribution in [-0.2, 0) is 23.6 Å². The quantitative estimate of drug-likeness (QED) is 0.660. The topological polar surface area (TPSA) is 73.0 Å². The van der Waals surface area contributed by atoms with Gasteiger partial charge in [0.1, 0.15) is 5.76 Å². The van der Waals surface area contributed by atoms with Crippen molar-refractivity contribution in [1.82, 2.24) is 20.3 Å². The van der Waals surface area contributed by atoms with Crippen LogP contribution >= 0.6 is 11.8 Å². The molecule has 0 radical (unpaired) electrons. The third-order valence-corrected chi connectivity index (χ3v) is 5.11. The number of rotatable bonds is 8. The number of thioether (sulfide) groups is 1. The molecule has 1 amide bonds. The van der Waals surface area contributed by atoms with Gasteiger partial charge < -0.3 is 9.84 Å². The molecule has 0 atom stereocenters. The Morgan fingerprint density at radius 2 is 2.04 bits per heavy atom. The van der Waals surface area contributed by atoms with Crippen molar-refractivity contribution < 1.29 is 9.32 Å². The number of amides is 1. The molecule has 0 aliphatic heterocycles. The van der Waals surface area contributed by atoms with E-state index in [0.29, 0.717) is 18.8 Å². The summed E-state index contributed by atoms with van der Waals surface area (Å²) in [4.78, 5) is 12.2. The van der Waals surface area contributed by atoms with Crippen LogP contribution in [0.15, 0.2) is 47.2 Å². The molecule has 0 saturated carbocycles. The van der Waals surface area contributed by atoms with E-state index in [-0.39, 0.29) is 5.91 Å². The molecule has 2 aromatic heterocycles. The van der Waals surface area contributed by atoms with Gasteiger partial charge in [-0.1, -0.05) is 29.4 Å². The third kappa shape index (κ3) is 4.76. The van der Waals surface area contributed by atoms with E-state index in [9.17, 15) is 4.79 Å². The van der Waals surface area contributed by atoms with Gasteiger partial charge in [-0.15, -0.1) is 11.8 Å². The highest BCUT2D eigenvalue weighted by atomic mass is 32.2. The number of aryl methyl sites for hydroxylation is 2. The Labute approximate surface area is 157 Å². The number of carbonyl (C=O) groups excluding carboxylic acids is 1. The Morgan fingerprint density at radius 1 is 1.23 bits per heavy atom. The summed E-state index contributed by atoms with van der Waals surface area (Å²) in [6, 6.07) is 10.00. The van der Waals surface area contributed by atoms with Gasteiger partial charge in [0, 0.05) is 30.3 Å². The Hall–Kier alpha value is -2.54. The number of nitrogens with one attached hydrogen (secondary N) is 1. The summed E-state index contributed by atoms with van der Waals surface area (Å²) >= 11 is 1.56. The zero-order valence-corrected chi connectivity index (χ0v) is 15.8. The van der Waals surface area contributed by atoms with Gasteiger partial charge in [-0.3, -0.25) is 9.48 Å². The highest BCUT2D eigenvalue weighted by Gasteiger charge is 2.10. The summed E-state index contributed by atoms with van der Waals surface area (Å²) in [6.45, 7) is 5.03. The number of carbonyl (C=O) groups is 1. The fourth-order valence-corrected chi connectivity index (χ4v) is 3.66. The lowest BCUT2D eigenvalue weighted by Crippen LogP contribution is -2.25. The molecule has 0 saturated heterocycles. The molecule has 0 unspecified atom stereocenters. The fraction of sp³-hybridized carbons (Fsp3) is 0.316. The molecular formula is C19H22N4O2S. The van der Waals surface area contributed by atoms with Crippen LogP contribution in [0.5, 0.6) is 0 Å². The molecule has 2 heterocycles. The minimum absolute atomic E-state index is 0.0238. The van der Waals surface area contributed by atoms with Crippen molar-refractivity contribution in [3.8, 4) is 0 Å². The number of nitrogens with zero attached hydrogens (tertiary/aromatic N) is 3. The predicted molar refractivity (Wildman–Crippen MR) is 102 cm³/mol. The Kier molecular flexibility index (Phi) is 6.12. The fourth-order valence-electron chi connectivity index (χ4n) is 2.65. The Balaban J connectivity index is 1.49. The summed E-state index contributed by atoms with van der Waals surface area (Å²) in [5.74, 6) is 1.98. The van der Waals surface area contributed by atoms with Gasteiger partial charge in [0.2, 0.25) is 5.91 Å². The summed E-state index contributed by atoms with van der Waals surface area (Å²) in [7, 11) is 0. The minimum Gasteiger partial charge on any atom is -0.361 e. The zero-order valence-electron chi connectivity index (χ0n) is 14.9. The molecule has 1 aromatic carbocycles. The highest BCUT2D eigenvalue weighted by molar-refractivity contribution is 7.99. The molecule has 0 fully saturated rings. The summed E-state index contributed by atoms with van der Waals surface area (Å²) in [6.07, 6.45) is 3.70. The standard InChI is InChI=1S/C19H22N4O2S/c1-14-18(15(2)25-22-14)12-26-13-19(24)20-10-16-6-3-4-7-17(16)11-23-9-5-8-21-23/h3-9H,10-13H2,1-2H3,(H,20,24). The van der Waals surface area contributed by atoms with Crippen molar-refractivity contribution in [2.45, 2.75) is 32.7 Å². The van der Waals surface area contributed by atoms with Gasteiger partial charge >= 0.3 is 0 Å². The second kappa shape index (κ2) is 8.71. The van der Waals surface area contributed by atoms with E-state index in [1.54, 1.807) is 18.0 Å². The van der Waals surface area contributed by atoms with Gasteiger partial charge in [0.05, 0.1) is 18.0 Å². The molecule has 26 heavy (non-hydrogen) atoms. The maximum absolute atomic E-state index is 12.2. The van der Waals surface area contributed by atoms with E-state index < -0.39 is 0 Å². The molecule has 6 nitrogen and oxygen atoms in total. The lowest BCUT2D eigenvalue weighted by molar-refractivity contribution is -0.118. The van der Waals surface area contributed by atoms with Crippen LogP contribution < -0.4 is 5.32 Å². The summed E-state index contributed by atoms with van der Waals surface area (Å²) in [5, 5.41) is 11.2. The Morgan fingerprint density at radius 3 is 2.73 bits per heavy atom. The van der Waals surface area contributed by atoms with Crippen molar-refractivity contribution >= 4 is 17.7 Å². The van der Waals surface area contributed by atoms with Gasteiger partial charge in [-0.05, 0) is 31.0 Å². The van der Waals surface area contributed by atoms with Crippen LogP contribution in [0.3, 0.4) is 0 Å². The largest absolute Gasteiger partial charge is 0.361 e. The molecule has 7 heteroatoms. The lowest BCUT2D eigenvalue weighted by atomic mass is 10.1. The first-order valence-corrected chi connectivity index (χ1v) is 9.59. The van der Waals surface area contributed by atoms with Crippen LogP contribution in [-0.4, -0.2) is 26.6 Å². The van der Waals surface area contributed by atoms with Gasteiger partial charge in [0.15, 0.2) is 0 Å². The van der Waals surface area contributed by atoms with Crippen LogP contribution in [0, 0.1) is 13.8 Å². The SMILES string of the molecule is Cc1noc(C)c1CSCC(=O)NCc1ccccc1Cn1cccn1. The average Bonchev–Trinajstić information content (AvgIpc) is 3.26. The van der Waals surface area contributed by atoms with Gasteiger partial charge in [0.25, 0.3) is 0 Å². The van der Waals surface area contributed by atoms with Crippen molar-refractivity contribution in [3.05, 3.63) is 70.9 Å². The molecule has 1 N–H and O–H groups in total. The first-order valence-electron chi connectivity index (χ1n) is 8.44. The molecule has 3 aromatic rings. The number of aromatic nitrogens is 3. The molecule has 136 valence electrons. The normalized spacial score (nSPS) is 10.8. The van der Waals surface area contributed by atoms with E-state index in [4.69, 9.17) is 4.52 Å². The summed E-state index contributed by atoms with van der Waals surface area (Å²) < 4.78 is 7.02. The van der Waals surface area contributed by atoms with E-state index >= 15 is 0 Å².